The summed E-state index contributed by atoms with van der Waals surface area (Å²) in [5.74, 6) is -0.935. The van der Waals surface area contributed by atoms with Gasteiger partial charge >= 0.3 is 0 Å². The van der Waals surface area contributed by atoms with E-state index in [1.807, 2.05) is 0 Å². The molecular weight excluding hydrogens is 201 g/mol. The van der Waals surface area contributed by atoms with Crippen LogP contribution in [0.5, 0.6) is 0 Å². The predicted octanol–water partition coefficient (Wildman–Crippen LogP) is 0.302. The third-order valence-corrected chi connectivity index (χ3v) is 1.66. The first-order chi connectivity index (χ1) is 7.13. The Kier molecular flexibility index (Phi) is 3.61. The van der Waals surface area contributed by atoms with E-state index in [0.717, 1.165) is 0 Å². The van der Waals surface area contributed by atoms with E-state index < -0.39 is 11.7 Å². The van der Waals surface area contributed by atoms with Crippen molar-refractivity contribution in [2.75, 3.05) is 6.54 Å². The van der Waals surface area contributed by atoms with Gasteiger partial charge in [-0.2, -0.15) is 0 Å². The predicted molar refractivity (Wildman–Crippen MR) is 52.1 cm³/mol. The van der Waals surface area contributed by atoms with Crippen LogP contribution in [0.4, 0.5) is 4.39 Å². The van der Waals surface area contributed by atoms with E-state index in [1.54, 1.807) is 0 Å². The second kappa shape index (κ2) is 4.94. The van der Waals surface area contributed by atoms with Gasteiger partial charge in [0.15, 0.2) is 5.84 Å². The van der Waals surface area contributed by atoms with Gasteiger partial charge in [-0.3, -0.25) is 4.79 Å². The van der Waals surface area contributed by atoms with Gasteiger partial charge < -0.3 is 16.3 Å². The Labute approximate surface area is 85.4 Å². The van der Waals surface area contributed by atoms with Crippen LogP contribution < -0.4 is 11.1 Å². The molecule has 0 aliphatic rings. The highest BCUT2D eigenvalue weighted by Gasteiger charge is 2.05. The van der Waals surface area contributed by atoms with E-state index in [-0.39, 0.29) is 12.4 Å². The first-order valence-corrected chi connectivity index (χ1v) is 4.13. The minimum Gasteiger partial charge on any atom is -0.409 e. The summed E-state index contributed by atoms with van der Waals surface area (Å²) in [6.45, 7) is -0.0628. The molecule has 1 aromatic carbocycles. The number of carbonyl (C=O) groups excluding carboxylic acids is 1. The molecule has 1 amide bonds. The lowest BCUT2D eigenvalue weighted by molar-refractivity contribution is 0.0959. The number of nitrogens with one attached hydrogen (secondary N) is 1. The molecule has 0 aromatic heterocycles. The fraction of sp³-hybridized carbons (Fsp3) is 0.111. The first-order valence-electron chi connectivity index (χ1n) is 4.13. The molecule has 0 radical (unpaired) electrons. The maximum absolute atomic E-state index is 12.5. The zero-order valence-electron chi connectivity index (χ0n) is 7.77. The van der Waals surface area contributed by atoms with Gasteiger partial charge in [0.2, 0.25) is 0 Å². The number of benzene rings is 1. The maximum atomic E-state index is 12.5. The molecule has 0 unspecified atom stereocenters. The summed E-state index contributed by atoms with van der Waals surface area (Å²) in [4.78, 5) is 11.4. The van der Waals surface area contributed by atoms with Crippen molar-refractivity contribution in [3.63, 3.8) is 0 Å². The van der Waals surface area contributed by atoms with Crippen molar-refractivity contribution in [2.24, 2.45) is 10.9 Å². The molecule has 4 N–H and O–H groups in total. The lowest BCUT2D eigenvalue weighted by Crippen LogP contribution is -2.33. The monoisotopic (exact) mass is 211 g/mol. The van der Waals surface area contributed by atoms with Crippen LogP contribution in [-0.2, 0) is 0 Å². The number of halogens is 1. The quantitative estimate of drug-likeness (QED) is 0.291. The van der Waals surface area contributed by atoms with E-state index in [1.165, 1.54) is 24.3 Å². The van der Waals surface area contributed by atoms with Crippen LogP contribution in [0.2, 0.25) is 0 Å². The van der Waals surface area contributed by atoms with Gasteiger partial charge in [-0.05, 0) is 24.3 Å². The number of rotatable bonds is 3. The molecule has 15 heavy (non-hydrogen) atoms. The van der Waals surface area contributed by atoms with Crippen molar-refractivity contribution < 1.29 is 14.4 Å². The smallest absolute Gasteiger partial charge is 0.251 e. The molecule has 0 spiro atoms. The van der Waals surface area contributed by atoms with Crippen LogP contribution in [-0.4, -0.2) is 23.5 Å². The Bertz CT molecular complexity index is 375. The molecule has 1 aromatic rings. The lowest BCUT2D eigenvalue weighted by atomic mass is 10.2. The Morgan fingerprint density at radius 3 is 2.60 bits per heavy atom. The zero-order chi connectivity index (χ0) is 11.3. The van der Waals surface area contributed by atoms with Crippen LogP contribution in [0, 0.1) is 5.82 Å². The normalized spacial score (nSPS) is 11.1. The second-order valence-corrected chi connectivity index (χ2v) is 2.78. The van der Waals surface area contributed by atoms with E-state index in [0.29, 0.717) is 5.56 Å². The van der Waals surface area contributed by atoms with E-state index >= 15 is 0 Å². The highest BCUT2D eigenvalue weighted by molar-refractivity contribution is 5.96. The summed E-state index contributed by atoms with van der Waals surface area (Å²) in [5, 5.41) is 13.3. The topological polar surface area (TPSA) is 87.7 Å². The van der Waals surface area contributed by atoms with Crippen molar-refractivity contribution >= 4 is 11.7 Å². The Morgan fingerprint density at radius 2 is 2.07 bits per heavy atom. The largest absolute Gasteiger partial charge is 0.409 e. The SMILES string of the molecule is N/C(CNC(=O)c1ccc(F)cc1)=N\O. The van der Waals surface area contributed by atoms with E-state index in [9.17, 15) is 9.18 Å². The van der Waals surface area contributed by atoms with Gasteiger partial charge in [-0.1, -0.05) is 5.16 Å². The van der Waals surface area contributed by atoms with Gasteiger partial charge in [0.25, 0.3) is 5.91 Å². The third kappa shape index (κ3) is 3.26. The summed E-state index contributed by atoms with van der Waals surface area (Å²) in [6, 6.07) is 5.05. The van der Waals surface area contributed by atoms with Crippen molar-refractivity contribution in [3.8, 4) is 0 Å². The van der Waals surface area contributed by atoms with Crippen LogP contribution >= 0.6 is 0 Å². The molecule has 6 heteroatoms. The summed E-state index contributed by atoms with van der Waals surface area (Å²) >= 11 is 0. The van der Waals surface area contributed by atoms with Gasteiger partial charge in [0.05, 0.1) is 6.54 Å². The number of hydrogen-bond donors (Lipinski definition) is 3. The molecule has 80 valence electrons. The van der Waals surface area contributed by atoms with Crippen molar-refractivity contribution in [1.29, 1.82) is 0 Å². The minimum atomic E-state index is -0.415. The molecule has 0 saturated heterocycles. The van der Waals surface area contributed by atoms with Crippen LogP contribution in [0.1, 0.15) is 10.4 Å². The van der Waals surface area contributed by atoms with Gasteiger partial charge in [-0.15, -0.1) is 0 Å². The number of carbonyl (C=O) groups is 1. The molecule has 0 heterocycles. The number of oxime groups is 1. The van der Waals surface area contributed by atoms with Crippen molar-refractivity contribution in [1.82, 2.24) is 5.32 Å². The number of amides is 1. The average Bonchev–Trinajstić information content (AvgIpc) is 2.26. The molecule has 0 fully saturated rings. The minimum absolute atomic E-state index is 0.0628. The highest BCUT2D eigenvalue weighted by atomic mass is 19.1. The molecule has 0 bridgehead atoms. The molecule has 0 aliphatic carbocycles. The van der Waals surface area contributed by atoms with E-state index in [4.69, 9.17) is 10.9 Å². The molecule has 1 rings (SSSR count). The number of nitrogens with two attached hydrogens (primary N) is 1. The molecule has 0 atom stereocenters. The number of hydrogen-bond acceptors (Lipinski definition) is 3. The Morgan fingerprint density at radius 1 is 1.47 bits per heavy atom. The summed E-state index contributed by atoms with van der Waals surface area (Å²) in [6.07, 6.45) is 0. The van der Waals surface area contributed by atoms with Crippen molar-refractivity contribution in [2.45, 2.75) is 0 Å². The molecule has 0 aliphatic heterocycles. The fourth-order valence-corrected chi connectivity index (χ4v) is 0.910. The fourth-order valence-electron chi connectivity index (χ4n) is 0.910. The number of amidine groups is 1. The number of nitrogens with zero attached hydrogens (tertiary/aromatic N) is 1. The average molecular weight is 211 g/mol. The molecule has 5 nitrogen and oxygen atoms in total. The standard InChI is InChI=1S/C9H10FN3O2/c10-7-3-1-6(2-4-7)9(14)12-5-8(11)13-15/h1-4,15H,5H2,(H2,11,13)(H,12,14). The zero-order valence-corrected chi connectivity index (χ0v) is 7.77. The highest BCUT2D eigenvalue weighted by Crippen LogP contribution is 2.01. The Hall–Kier alpha value is -2.11. The van der Waals surface area contributed by atoms with Crippen LogP contribution in [0.25, 0.3) is 0 Å². The summed E-state index contributed by atoms with van der Waals surface area (Å²) < 4.78 is 12.5. The van der Waals surface area contributed by atoms with Gasteiger partial charge in [0.1, 0.15) is 5.82 Å². The van der Waals surface area contributed by atoms with Gasteiger partial charge in [-0.25, -0.2) is 4.39 Å². The van der Waals surface area contributed by atoms with Gasteiger partial charge in [0, 0.05) is 5.56 Å². The molecule has 0 saturated carbocycles. The van der Waals surface area contributed by atoms with Crippen LogP contribution in [0.15, 0.2) is 29.4 Å². The lowest BCUT2D eigenvalue weighted by Gasteiger charge is -2.03. The maximum Gasteiger partial charge on any atom is 0.251 e. The first kappa shape index (κ1) is 11.0. The third-order valence-electron chi connectivity index (χ3n) is 1.66. The summed E-state index contributed by atoms with van der Waals surface area (Å²) in [7, 11) is 0. The Balaban J connectivity index is 2.58. The second-order valence-electron chi connectivity index (χ2n) is 2.78. The van der Waals surface area contributed by atoms with E-state index in [2.05, 4.69) is 10.5 Å². The molecular formula is C9H10FN3O2. The van der Waals surface area contributed by atoms with Crippen LogP contribution in [0.3, 0.4) is 0 Å². The summed E-state index contributed by atoms with van der Waals surface area (Å²) in [5.41, 5.74) is 5.46. The van der Waals surface area contributed by atoms with Crippen molar-refractivity contribution in [3.05, 3.63) is 35.6 Å².